The van der Waals surface area contributed by atoms with Crippen molar-refractivity contribution in [3.8, 4) is 11.5 Å². The van der Waals surface area contributed by atoms with Gasteiger partial charge in [-0.1, -0.05) is 36.4 Å². The summed E-state index contributed by atoms with van der Waals surface area (Å²) in [6.45, 7) is 0.989. The number of carbonyl (C=O) groups excluding carboxylic acids is 1. The first-order valence-corrected chi connectivity index (χ1v) is 12.0. The number of Topliss-reactive ketones (excluding diaryl/α,β-unsaturated/α-hetero) is 1. The van der Waals surface area contributed by atoms with E-state index in [2.05, 4.69) is 9.97 Å². The van der Waals surface area contributed by atoms with E-state index in [1.165, 1.54) is 18.3 Å². The average Bonchev–Trinajstić information content (AvgIpc) is 3.37. The van der Waals surface area contributed by atoms with Crippen molar-refractivity contribution in [2.75, 3.05) is 18.0 Å². The van der Waals surface area contributed by atoms with Crippen LogP contribution < -0.4 is 4.90 Å². The first-order chi connectivity index (χ1) is 18.1. The van der Waals surface area contributed by atoms with Crippen molar-refractivity contribution >= 4 is 11.6 Å². The monoisotopic (exact) mass is 525 g/mol. The Balaban J connectivity index is 1.27. The second-order valence-electron chi connectivity index (χ2n) is 9.21. The molecular weight excluding hydrogens is 502 g/mol. The highest BCUT2D eigenvalue weighted by Crippen LogP contribution is 2.36. The average molecular weight is 526 g/mol. The number of benzene rings is 2. The second-order valence-corrected chi connectivity index (χ2v) is 9.21. The molecule has 0 aliphatic carbocycles. The molecule has 3 heterocycles. The summed E-state index contributed by atoms with van der Waals surface area (Å²) in [4.78, 5) is 22.7. The van der Waals surface area contributed by atoms with Crippen LogP contribution in [0, 0.1) is 5.82 Å². The molecular formula is C28H23F4N3O3. The van der Waals surface area contributed by atoms with Gasteiger partial charge in [-0.15, -0.1) is 0 Å². The number of halogens is 4. The molecule has 6 nitrogen and oxygen atoms in total. The van der Waals surface area contributed by atoms with Gasteiger partial charge in [0, 0.05) is 31.3 Å². The fourth-order valence-electron chi connectivity index (χ4n) is 4.53. The van der Waals surface area contributed by atoms with E-state index in [4.69, 9.17) is 4.42 Å². The molecule has 1 aliphatic heterocycles. The highest BCUT2D eigenvalue weighted by atomic mass is 19.4. The zero-order valence-electron chi connectivity index (χ0n) is 20.1. The lowest BCUT2D eigenvalue weighted by molar-refractivity contribution is -0.141. The molecule has 38 heavy (non-hydrogen) atoms. The number of hydrogen-bond donors (Lipinski definition) is 1. The summed E-state index contributed by atoms with van der Waals surface area (Å²) in [5.41, 5.74) is -1.02. The summed E-state index contributed by atoms with van der Waals surface area (Å²) in [7, 11) is 0. The van der Waals surface area contributed by atoms with Crippen molar-refractivity contribution in [1.29, 1.82) is 0 Å². The van der Waals surface area contributed by atoms with Crippen LogP contribution in [0.1, 0.15) is 40.2 Å². The molecule has 1 fully saturated rings. The van der Waals surface area contributed by atoms with Gasteiger partial charge < -0.3 is 14.4 Å². The van der Waals surface area contributed by atoms with Gasteiger partial charge in [0.2, 0.25) is 17.4 Å². The molecule has 0 saturated carbocycles. The van der Waals surface area contributed by atoms with E-state index in [0.29, 0.717) is 48.4 Å². The Morgan fingerprint density at radius 3 is 2.29 bits per heavy atom. The number of pyridine rings is 1. The first kappa shape index (κ1) is 25.6. The summed E-state index contributed by atoms with van der Waals surface area (Å²) in [5.74, 6) is -1.72. The lowest BCUT2D eigenvalue weighted by atomic mass is 9.84. The van der Waals surface area contributed by atoms with E-state index in [-0.39, 0.29) is 18.1 Å². The zero-order valence-corrected chi connectivity index (χ0v) is 20.1. The van der Waals surface area contributed by atoms with Crippen LogP contribution in [0.5, 0.6) is 0 Å². The largest absolute Gasteiger partial charge is 0.437 e. The number of hydrogen-bond acceptors (Lipinski definition) is 6. The summed E-state index contributed by atoms with van der Waals surface area (Å²) in [5, 5.41) is 11.0. The van der Waals surface area contributed by atoms with Crippen LogP contribution in [0.3, 0.4) is 0 Å². The van der Waals surface area contributed by atoms with Gasteiger partial charge in [0.25, 0.3) is 0 Å². The predicted molar refractivity (Wildman–Crippen MR) is 131 cm³/mol. The summed E-state index contributed by atoms with van der Waals surface area (Å²) < 4.78 is 59.3. The van der Waals surface area contributed by atoms with E-state index in [0.717, 1.165) is 0 Å². The summed E-state index contributed by atoms with van der Waals surface area (Å²) in [6, 6.07) is 17.2. The second kappa shape index (κ2) is 10.0. The molecule has 0 amide bonds. The molecule has 2 aromatic carbocycles. The van der Waals surface area contributed by atoms with Gasteiger partial charge in [-0.05, 0) is 54.3 Å². The van der Waals surface area contributed by atoms with E-state index >= 15 is 0 Å². The number of alkyl halides is 3. The Bertz CT molecular complexity index is 1410. The van der Waals surface area contributed by atoms with E-state index in [9.17, 15) is 27.5 Å². The molecule has 0 spiro atoms. The van der Waals surface area contributed by atoms with Crippen molar-refractivity contribution in [2.45, 2.75) is 31.0 Å². The number of piperidine rings is 1. The first-order valence-electron chi connectivity index (χ1n) is 12.0. The van der Waals surface area contributed by atoms with Gasteiger partial charge in [-0.2, -0.15) is 13.2 Å². The third-order valence-electron chi connectivity index (χ3n) is 6.64. The Kier molecular flexibility index (Phi) is 6.75. The molecule has 1 aliphatic rings. The number of anilines is 1. The van der Waals surface area contributed by atoms with Gasteiger partial charge in [-0.3, -0.25) is 4.79 Å². The molecule has 10 heteroatoms. The van der Waals surface area contributed by atoms with E-state index in [1.54, 1.807) is 54.6 Å². The van der Waals surface area contributed by atoms with Crippen molar-refractivity contribution in [2.24, 2.45) is 0 Å². The van der Waals surface area contributed by atoms with E-state index in [1.807, 2.05) is 4.90 Å². The van der Waals surface area contributed by atoms with Gasteiger partial charge in [0.1, 0.15) is 11.6 Å². The molecule has 0 unspecified atom stereocenters. The Labute approximate surface area is 215 Å². The third kappa shape index (κ3) is 5.31. The number of aromatic nitrogens is 2. The highest BCUT2D eigenvalue weighted by Gasteiger charge is 2.41. The van der Waals surface area contributed by atoms with Crippen LogP contribution >= 0.6 is 0 Å². The number of nitrogens with zero attached hydrogens (tertiary/aromatic N) is 3. The van der Waals surface area contributed by atoms with Crippen molar-refractivity contribution < 1.29 is 31.9 Å². The van der Waals surface area contributed by atoms with Crippen molar-refractivity contribution in [1.82, 2.24) is 9.97 Å². The van der Waals surface area contributed by atoms with Gasteiger partial charge >= 0.3 is 6.18 Å². The normalized spacial score (nSPS) is 15.4. The number of aliphatic hydroxyl groups is 1. The Morgan fingerprint density at radius 1 is 1.00 bits per heavy atom. The maximum Gasteiger partial charge on any atom is 0.437 e. The number of ketones is 1. The standard InChI is InChI=1S/C28H23F4N3O3/c29-21-9-7-20(8-10-21)27(37)12-14-35(15-13-27)23-11-6-18(17-33-23)16-22(36)24-25(28(30,31)32)34-26(38-24)19-4-2-1-3-5-19/h1-11,17,37H,12-16H2. The lowest BCUT2D eigenvalue weighted by Gasteiger charge is -2.39. The Hall–Kier alpha value is -4.05. The van der Waals surface area contributed by atoms with Gasteiger partial charge in [0.05, 0.1) is 5.60 Å². The molecule has 0 bridgehead atoms. The summed E-state index contributed by atoms with van der Waals surface area (Å²) >= 11 is 0. The molecule has 1 saturated heterocycles. The maximum absolute atomic E-state index is 13.6. The quantitative estimate of drug-likeness (QED) is 0.253. The molecule has 196 valence electrons. The van der Waals surface area contributed by atoms with Gasteiger partial charge in [-0.25, -0.2) is 14.4 Å². The molecule has 4 aromatic rings. The summed E-state index contributed by atoms with van der Waals surface area (Å²) in [6.07, 6.45) is -2.93. The topological polar surface area (TPSA) is 79.5 Å². The fourth-order valence-corrected chi connectivity index (χ4v) is 4.53. The molecule has 2 aromatic heterocycles. The van der Waals surface area contributed by atoms with Crippen LogP contribution in [0.4, 0.5) is 23.4 Å². The molecule has 0 atom stereocenters. The number of oxazole rings is 1. The molecule has 5 rings (SSSR count). The van der Waals surface area contributed by atoms with Gasteiger partial charge in [0.15, 0.2) is 5.69 Å². The minimum Gasteiger partial charge on any atom is -0.432 e. The molecule has 1 N–H and O–H groups in total. The third-order valence-corrected chi connectivity index (χ3v) is 6.64. The van der Waals surface area contributed by atoms with Crippen LogP contribution in [-0.4, -0.2) is 33.9 Å². The SMILES string of the molecule is O=C(Cc1ccc(N2CCC(O)(c3ccc(F)cc3)CC2)nc1)c1oc(-c2ccccc2)nc1C(F)(F)F. The van der Waals surface area contributed by atoms with Crippen LogP contribution in [-0.2, 0) is 18.2 Å². The fraction of sp³-hybridized carbons (Fsp3) is 0.250. The van der Waals surface area contributed by atoms with Crippen molar-refractivity contribution in [3.05, 3.63) is 101 Å². The smallest absolute Gasteiger partial charge is 0.432 e. The highest BCUT2D eigenvalue weighted by molar-refractivity contribution is 5.96. The minimum atomic E-state index is -4.85. The number of carbonyl (C=O) groups is 1. The van der Waals surface area contributed by atoms with Crippen LogP contribution in [0.25, 0.3) is 11.5 Å². The van der Waals surface area contributed by atoms with Crippen LogP contribution in [0.15, 0.2) is 77.3 Å². The number of rotatable bonds is 6. The minimum absolute atomic E-state index is 0.277. The zero-order chi connectivity index (χ0) is 26.9. The van der Waals surface area contributed by atoms with Crippen molar-refractivity contribution in [3.63, 3.8) is 0 Å². The molecule has 0 radical (unpaired) electrons. The predicted octanol–water partition coefficient (Wildman–Crippen LogP) is 5.81. The lowest BCUT2D eigenvalue weighted by Crippen LogP contribution is -2.43. The maximum atomic E-state index is 13.6. The Morgan fingerprint density at radius 2 is 1.68 bits per heavy atom. The van der Waals surface area contributed by atoms with Crippen LogP contribution in [0.2, 0.25) is 0 Å². The van der Waals surface area contributed by atoms with E-state index < -0.39 is 29.0 Å².